The lowest BCUT2D eigenvalue weighted by Gasteiger charge is -2.24. The highest BCUT2D eigenvalue weighted by atomic mass is 32.1. The zero-order chi connectivity index (χ0) is 17.2. The molecule has 7 heteroatoms. The molecule has 24 heavy (non-hydrogen) atoms. The van der Waals surface area contributed by atoms with Gasteiger partial charge in [-0.05, 0) is 35.5 Å². The molecule has 2 aromatic rings. The van der Waals surface area contributed by atoms with E-state index in [9.17, 15) is 0 Å². The van der Waals surface area contributed by atoms with Crippen molar-refractivity contribution in [3.05, 3.63) is 66.0 Å². The van der Waals surface area contributed by atoms with Gasteiger partial charge in [0, 0.05) is 18.9 Å². The van der Waals surface area contributed by atoms with Crippen molar-refractivity contribution >= 4 is 23.3 Å². The molecule has 0 aliphatic heterocycles. The van der Waals surface area contributed by atoms with Gasteiger partial charge in [0.1, 0.15) is 0 Å². The summed E-state index contributed by atoms with van der Waals surface area (Å²) in [7, 11) is 0. The lowest BCUT2D eigenvalue weighted by Crippen LogP contribution is -2.46. The molecule has 0 aliphatic rings. The van der Waals surface area contributed by atoms with Crippen LogP contribution in [0.25, 0.3) is 0 Å². The van der Waals surface area contributed by atoms with E-state index in [2.05, 4.69) is 10.3 Å². The van der Waals surface area contributed by atoms with E-state index in [0.29, 0.717) is 31.4 Å². The van der Waals surface area contributed by atoms with Gasteiger partial charge < -0.3 is 15.8 Å². The predicted octanol–water partition coefficient (Wildman–Crippen LogP) is 1.87. The first kappa shape index (κ1) is 17.8. The molecule has 0 amide bonds. The first-order chi connectivity index (χ1) is 11.7. The fourth-order valence-electron chi connectivity index (χ4n) is 2.03. The van der Waals surface area contributed by atoms with Crippen molar-refractivity contribution in [3.63, 3.8) is 0 Å². The van der Waals surface area contributed by atoms with Crippen LogP contribution in [0, 0.1) is 5.41 Å². The van der Waals surface area contributed by atoms with Crippen molar-refractivity contribution in [3.8, 4) is 0 Å². The Balaban J connectivity index is 1.73. The highest BCUT2D eigenvalue weighted by Gasteiger charge is 2.12. The summed E-state index contributed by atoms with van der Waals surface area (Å²) in [5, 5.41) is 11.2. The number of rotatable bonds is 7. The highest BCUT2D eigenvalue weighted by Crippen LogP contribution is 2.03. The molecule has 0 spiro atoms. The number of nitrogens with zero attached hydrogens (tertiary/aromatic N) is 2. The molecule has 0 atom stereocenters. The summed E-state index contributed by atoms with van der Waals surface area (Å²) in [6.07, 6.45) is 3.39. The largest absolute Gasteiger partial charge is 0.375 e. The first-order valence-corrected chi connectivity index (χ1v) is 7.97. The van der Waals surface area contributed by atoms with Crippen LogP contribution in [0.5, 0.6) is 0 Å². The topological polar surface area (TPSA) is 87.3 Å². The van der Waals surface area contributed by atoms with Gasteiger partial charge in [0.2, 0.25) is 0 Å². The summed E-state index contributed by atoms with van der Waals surface area (Å²) in [5.41, 5.74) is 7.73. The van der Waals surface area contributed by atoms with Crippen molar-refractivity contribution in [1.29, 1.82) is 5.41 Å². The third kappa shape index (κ3) is 5.94. The van der Waals surface area contributed by atoms with Crippen molar-refractivity contribution in [1.82, 2.24) is 15.2 Å². The Bertz CT molecular complexity index is 651. The minimum Gasteiger partial charge on any atom is -0.375 e. The van der Waals surface area contributed by atoms with Crippen LogP contribution in [0.3, 0.4) is 0 Å². The van der Waals surface area contributed by atoms with Gasteiger partial charge in [0.25, 0.3) is 0 Å². The number of hydrogen-bond donors (Lipinski definition) is 3. The number of hydrogen-bond acceptors (Lipinski definition) is 4. The smallest absolute Gasteiger partial charge is 0.195 e. The zero-order valence-electron chi connectivity index (χ0n) is 13.3. The third-order valence-electron chi connectivity index (χ3n) is 3.26. The number of ether oxygens (including phenoxy) is 1. The monoisotopic (exact) mass is 343 g/mol. The maximum atomic E-state index is 7.69. The molecular weight excluding hydrogens is 322 g/mol. The average molecular weight is 343 g/mol. The lowest BCUT2D eigenvalue weighted by atomic mass is 10.2. The van der Waals surface area contributed by atoms with Gasteiger partial charge in [0.15, 0.2) is 11.1 Å². The number of nitrogens with two attached hydrogens (primary N) is 1. The molecule has 0 saturated carbocycles. The molecule has 4 N–H and O–H groups in total. The number of aromatic nitrogens is 1. The van der Waals surface area contributed by atoms with Crippen LogP contribution in [0.4, 0.5) is 0 Å². The van der Waals surface area contributed by atoms with Gasteiger partial charge in [-0.25, -0.2) is 0 Å². The maximum absolute atomic E-state index is 7.69. The van der Waals surface area contributed by atoms with E-state index in [1.165, 1.54) is 4.90 Å². The Kier molecular flexibility index (Phi) is 7.13. The molecule has 1 aromatic carbocycles. The predicted molar refractivity (Wildman–Crippen MR) is 98.4 cm³/mol. The van der Waals surface area contributed by atoms with Gasteiger partial charge in [-0.2, -0.15) is 0 Å². The zero-order valence-corrected chi connectivity index (χ0v) is 14.1. The van der Waals surface area contributed by atoms with E-state index in [1.807, 2.05) is 42.5 Å². The van der Waals surface area contributed by atoms with Gasteiger partial charge in [-0.3, -0.25) is 15.3 Å². The maximum Gasteiger partial charge on any atom is 0.195 e. The van der Waals surface area contributed by atoms with Crippen LogP contribution in [-0.2, 0) is 17.9 Å². The minimum absolute atomic E-state index is 0.102. The molecule has 0 radical (unpaired) electrons. The van der Waals surface area contributed by atoms with Crippen molar-refractivity contribution < 1.29 is 4.74 Å². The van der Waals surface area contributed by atoms with E-state index in [4.69, 9.17) is 28.1 Å². The molecule has 0 saturated heterocycles. The highest BCUT2D eigenvalue weighted by molar-refractivity contribution is 7.80. The van der Waals surface area contributed by atoms with Crippen LogP contribution in [-0.4, -0.2) is 34.1 Å². The number of benzene rings is 1. The molecule has 0 bridgehead atoms. The first-order valence-electron chi connectivity index (χ1n) is 7.57. The van der Waals surface area contributed by atoms with Crippen molar-refractivity contribution in [2.75, 3.05) is 13.2 Å². The second-order valence-electron chi connectivity index (χ2n) is 5.10. The number of nitrogens with one attached hydrogen (secondary N) is 2. The Morgan fingerprint density at radius 2 is 1.88 bits per heavy atom. The quantitative estimate of drug-likeness (QED) is 0.308. The molecule has 1 aromatic heterocycles. The molecule has 0 unspecified atom stereocenters. The minimum atomic E-state index is -0.102. The molecule has 0 aliphatic carbocycles. The molecule has 1 heterocycles. The molecule has 2 rings (SSSR count). The fraction of sp³-hybridized carbons (Fsp3) is 0.235. The molecule has 126 valence electrons. The van der Waals surface area contributed by atoms with E-state index >= 15 is 0 Å². The third-order valence-corrected chi connectivity index (χ3v) is 3.62. The summed E-state index contributed by atoms with van der Waals surface area (Å²) in [6, 6.07) is 13.7. The van der Waals surface area contributed by atoms with Gasteiger partial charge in [-0.1, -0.05) is 30.3 Å². The fourth-order valence-corrected chi connectivity index (χ4v) is 2.29. The lowest BCUT2D eigenvalue weighted by molar-refractivity contribution is 0.125. The summed E-state index contributed by atoms with van der Waals surface area (Å²) < 4.78 is 5.59. The van der Waals surface area contributed by atoms with Crippen LogP contribution in [0.15, 0.2) is 54.9 Å². The Morgan fingerprint density at radius 1 is 1.17 bits per heavy atom. The Labute approximate surface area is 147 Å². The standard InChI is InChI=1S/C17H21N5OS/c18-16(19)22(12-14-6-8-20-9-7-14)17(24)21-10-11-23-13-15-4-2-1-3-5-15/h1-9H,10-13H2,(H3,18,19)(H,21,24). The normalized spacial score (nSPS) is 10.2. The van der Waals surface area contributed by atoms with Gasteiger partial charge in [-0.15, -0.1) is 0 Å². The van der Waals surface area contributed by atoms with E-state index < -0.39 is 0 Å². The SMILES string of the molecule is N=C(N)N(Cc1ccncc1)C(=S)NCCOCc1ccccc1. The van der Waals surface area contributed by atoms with Crippen LogP contribution < -0.4 is 11.1 Å². The number of thiocarbonyl (C=S) groups is 1. The van der Waals surface area contributed by atoms with Crippen molar-refractivity contribution in [2.45, 2.75) is 13.2 Å². The van der Waals surface area contributed by atoms with Crippen LogP contribution in [0.2, 0.25) is 0 Å². The van der Waals surface area contributed by atoms with E-state index in [1.54, 1.807) is 12.4 Å². The van der Waals surface area contributed by atoms with Crippen LogP contribution >= 0.6 is 12.2 Å². The Hall–Kier alpha value is -2.51. The Morgan fingerprint density at radius 3 is 2.54 bits per heavy atom. The molecular formula is C17H21N5OS. The molecule has 0 fully saturated rings. The van der Waals surface area contributed by atoms with E-state index in [-0.39, 0.29) is 5.96 Å². The molecule has 6 nitrogen and oxygen atoms in total. The summed E-state index contributed by atoms with van der Waals surface area (Å²) in [6.45, 7) is 2.04. The van der Waals surface area contributed by atoms with E-state index in [0.717, 1.165) is 11.1 Å². The summed E-state index contributed by atoms with van der Waals surface area (Å²) in [4.78, 5) is 5.50. The average Bonchev–Trinajstić information content (AvgIpc) is 2.60. The number of pyridine rings is 1. The van der Waals surface area contributed by atoms with Gasteiger partial charge >= 0.3 is 0 Å². The van der Waals surface area contributed by atoms with Crippen molar-refractivity contribution in [2.24, 2.45) is 5.73 Å². The summed E-state index contributed by atoms with van der Waals surface area (Å²) >= 11 is 5.32. The summed E-state index contributed by atoms with van der Waals surface area (Å²) in [5.74, 6) is -0.102. The van der Waals surface area contributed by atoms with Crippen LogP contribution in [0.1, 0.15) is 11.1 Å². The second kappa shape index (κ2) is 9.59. The number of guanidine groups is 1. The van der Waals surface area contributed by atoms with Gasteiger partial charge in [0.05, 0.1) is 19.8 Å². The second-order valence-corrected chi connectivity index (χ2v) is 5.48.